The van der Waals surface area contributed by atoms with Crippen LogP contribution >= 0.6 is 11.6 Å². The fourth-order valence-corrected chi connectivity index (χ4v) is 7.08. The van der Waals surface area contributed by atoms with Gasteiger partial charge in [0, 0.05) is 48.4 Å². The quantitative estimate of drug-likeness (QED) is 0.180. The van der Waals surface area contributed by atoms with Crippen LogP contribution in [0.5, 0.6) is 5.75 Å². The predicted octanol–water partition coefficient (Wildman–Crippen LogP) is 8.19. The van der Waals surface area contributed by atoms with Crippen LogP contribution in [0.25, 0.3) is 33.5 Å². The van der Waals surface area contributed by atoms with Crippen LogP contribution in [0.4, 0.5) is 0 Å². The standard InChI is InChI=1S/C39H39ClN4O4/c1-42-19-21-43(22-20-42)38(45)28-11-17-34(26-7-13-31(40)14-8-26)30(23-28)25-48-33-15-9-27(10-16-33)37-41-35-24-29(39(46)47)12-18-36(35)44(37)32-5-3-2-4-6-32/h7-18,23-24,32H,2-6,19-22,25H2,1H3,(H,46,47). The molecule has 1 N–H and O–H groups in total. The zero-order chi connectivity index (χ0) is 33.2. The molecule has 0 unspecified atom stereocenters. The van der Waals surface area contributed by atoms with Crippen molar-refractivity contribution in [3.63, 3.8) is 0 Å². The van der Waals surface area contributed by atoms with Crippen molar-refractivity contribution in [2.75, 3.05) is 33.2 Å². The van der Waals surface area contributed by atoms with E-state index in [1.54, 1.807) is 12.1 Å². The number of likely N-dealkylation sites (N-methyl/N-ethyl adjacent to an activating group) is 1. The number of halogens is 1. The maximum atomic E-state index is 13.5. The van der Waals surface area contributed by atoms with Gasteiger partial charge >= 0.3 is 5.97 Å². The van der Waals surface area contributed by atoms with Crippen molar-refractivity contribution in [2.24, 2.45) is 0 Å². The molecule has 5 aromatic rings. The predicted molar refractivity (Wildman–Crippen MR) is 189 cm³/mol. The number of carbonyl (C=O) groups excluding carboxylic acids is 1. The lowest BCUT2D eigenvalue weighted by molar-refractivity contribution is 0.0662. The van der Waals surface area contributed by atoms with E-state index in [2.05, 4.69) is 16.5 Å². The Hall–Kier alpha value is -4.66. The second-order valence-electron chi connectivity index (χ2n) is 12.9. The van der Waals surface area contributed by atoms with Crippen molar-refractivity contribution in [3.05, 3.63) is 107 Å². The normalized spacial score (nSPS) is 15.9. The molecule has 1 aromatic heterocycles. The Labute approximate surface area is 285 Å². The Morgan fingerprint density at radius 3 is 2.23 bits per heavy atom. The van der Waals surface area contributed by atoms with Gasteiger partial charge in [0.1, 0.15) is 18.2 Å². The average Bonchev–Trinajstić information content (AvgIpc) is 3.50. The van der Waals surface area contributed by atoms with Gasteiger partial charge in [0.25, 0.3) is 5.91 Å². The first kappa shape index (κ1) is 31.9. The number of ether oxygens (including phenoxy) is 1. The van der Waals surface area contributed by atoms with E-state index in [0.29, 0.717) is 41.0 Å². The fourth-order valence-electron chi connectivity index (χ4n) is 6.95. The topological polar surface area (TPSA) is 87.9 Å². The van der Waals surface area contributed by atoms with Crippen LogP contribution in [0.1, 0.15) is 64.4 Å². The third kappa shape index (κ3) is 6.68. The number of carboxylic acids is 1. The summed E-state index contributed by atoms with van der Waals surface area (Å²) in [5, 5.41) is 10.2. The summed E-state index contributed by atoms with van der Waals surface area (Å²) in [4.78, 5) is 34.3. The molecule has 9 heteroatoms. The van der Waals surface area contributed by atoms with Crippen LogP contribution in [0, 0.1) is 0 Å². The largest absolute Gasteiger partial charge is 0.489 e. The Morgan fingerprint density at radius 1 is 0.833 bits per heavy atom. The van der Waals surface area contributed by atoms with E-state index in [1.807, 2.05) is 77.7 Å². The third-order valence-electron chi connectivity index (χ3n) is 9.68. The number of benzene rings is 4. The molecule has 246 valence electrons. The van der Waals surface area contributed by atoms with Crippen molar-refractivity contribution in [1.29, 1.82) is 0 Å². The Morgan fingerprint density at radius 2 is 1.52 bits per heavy atom. The van der Waals surface area contributed by atoms with Gasteiger partial charge < -0.3 is 24.2 Å². The highest BCUT2D eigenvalue weighted by Gasteiger charge is 2.24. The van der Waals surface area contributed by atoms with Gasteiger partial charge in [-0.1, -0.05) is 49.1 Å². The molecule has 1 aliphatic carbocycles. The number of carboxylic acid groups (broad SMARTS) is 1. The summed E-state index contributed by atoms with van der Waals surface area (Å²) in [6.45, 7) is 3.42. The Kier molecular flexibility index (Phi) is 9.19. The minimum Gasteiger partial charge on any atom is -0.489 e. The Balaban J connectivity index is 1.16. The number of aromatic carboxylic acids is 1. The molecule has 4 aromatic carbocycles. The molecule has 1 amide bonds. The molecule has 48 heavy (non-hydrogen) atoms. The molecule has 1 saturated carbocycles. The van der Waals surface area contributed by atoms with E-state index in [-0.39, 0.29) is 18.1 Å². The first-order chi connectivity index (χ1) is 23.3. The second kappa shape index (κ2) is 13.8. The van der Waals surface area contributed by atoms with Gasteiger partial charge in [-0.3, -0.25) is 4.79 Å². The molecule has 0 radical (unpaired) electrons. The van der Waals surface area contributed by atoms with Gasteiger partial charge in [0.15, 0.2) is 0 Å². The summed E-state index contributed by atoms with van der Waals surface area (Å²) in [6, 6.07) is 27.0. The molecular weight excluding hydrogens is 624 g/mol. The van der Waals surface area contributed by atoms with Gasteiger partial charge in [-0.15, -0.1) is 0 Å². The molecule has 2 heterocycles. The van der Waals surface area contributed by atoms with Gasteiger partial charge in [-0.2, -0.15) is 0 Å². The highest BCUT2D eigenvalue weighted by molar-refractivity contribution is 6.30. The number of rotatable bonds is 8. The van der Waals surface area contributed by atoms with Gasteiger partial charge in [-0.05, 0) is 103 Å². The lowest BCUT2D eigenvalue weighted by Gasteiger charge is -2.32. The number of hydrogen-bond acceptors (Lipinski definition) is 5. The van der Waals surface area contributed by atoms with E-state index < -0.39 is 5.97 Å². The van der Waals surface area contributed by atoms with Crippen molar-refractivity contribution < 1.29 is 19.4 Å². The fraction of sp³-hybridized carbons (Fsp3) is 0.308. The van der Waals surface area contributed by atoms with Crippen LogP contribution in [0.2, 0.25) is 5.02 Å². The van der Waals surface area contributed by atoms with E-state index in [0.717, 1.165) is 59.5 Å². The summed E-state index contributed by atoms with van der Waals surface area (Å²) >= 11 is 6.19. The summed E-state index contributed by atoms with van der Waals surface area (Å²) in [7, 11) is 2.08. The molecule has 7 rings (SSSR count). The lowest BCUT2D eigenvalue weighted by Crippen LogP contribution is -2.47. The third-order valence-corrected chi connectivity index (χ3v) is 9.93. The molecule has 1 aliphatic heterocycles. The number of nitrogens with zero attached hydrogens (tertiary/aromatic N) is 4. The molecule has 2 aliphatic rings. The van der Waals surface area contributed by atoms with Crippen molar-refractivity contribution in [3.8, 4) is 28.3 Å². The Bertz CT molecular complexity index is 1940. The number of hydrogen-bond donors (Lipinski definition) is 1. The molecule has 8 nitrogen and oxygen atoms in total. The number of amides is 1. The van der Waals surface area contributed by atoms with Gasteiger partial charge in [0.05, 0.1) is 16.6 Å². The monoisotopic (exact) mass is 662 g/mol. The van der Waals surface area contributed by atoms with Crippen LogP contribution in [0.15, 0.2) is 84.9 Å². The maximum Gasteiger partial charge on any atom is 0.335 e. The first-order valence-corrected chi connectivity index (χ1v) is 17.1. The van der Waals surface area contributed by atoms with Crippen molar-refractivity contribution >= 4 is 34.5 Å². The zero-order valence-corrected chi connectivity index (χ0v) is 27.8. The molecule has 2 fully saturated rings. The molecule has 1 saturated heterocycles. The highest BCUT2D eigenvalue weighted by atomic mass is 35.5. The van der Waals surface area contributed by atoms with Crippen molar-refractivity contribution in [1.82, 2.24) is 19.4 Å². The molecule has 0 bridgehead atoms. The maximum absolute atomic E-state index is 13.5. The van der Waals surface area contributed by atoms with Gasteiger partial charge in [-0.25, -0.2) is 9.78 Å². The minimum absolute atomic E-state index is 0.0349. The summed E-state index contributed by atoms with van der Waals surface area (Å²) in [5.74, 6) is 0.615. The zero-order valence-electron chi connectivity index (χ0n) is 27.1. The highest BCUT2D eigenvalue weighted by Crippen LogP contribution is 2.37. The van der Waals surface area contributed by atoms with Crippen LogP contribution in [-0.2, 0) is 6.61 Å². The summed E-state index contributed by atoms with van der Waals surface area (Å²) in [5.41, 5.74) is 6.38. The van der Waals surface area contributed by atoms with E-state index in [9.17, 15) is 14.7 Å². The number of piperazine rings is 1. The van der Waals surface area contributed by atoms with Crippen LogP contribution in [-0.4, -0.2) is 69.6 Å². The average molecular weight is 663 g/mol. The summed E-state index contributed by atoms with van der Waals surface area (Å²) < 4.78 is 8.66. The van der Waals surface area contributed by atoms with Gasteiger partial charge in [0.2, 0.25) is 0 Å². The number of carbonyl (C=O) groups is 2. The SMILES string of the molecule is CN1CCN(C(=O)c2ccc(-c3ccc(Cl)cc3)c(COc3ccc(-c4nc5cc(C(=O)O)ccc5n4C4CCCCC4)cc3)c2)CC1. The summed E-state index contributed by atoms with van der Waals surface area (Å²) in [6.07, 6.45) is 5.73. The van der Waals surface area contributed by atoms with E-state index in [4.69, 9.17) is 21.3 Å². The van der Waals surface area contributed by atoms with Crippen molar-refractivity contribution in [2.45, 2.75) is 44.8 Å². The minimum atomic E-state index is -0.958. The van der Waals surface area contributed by atoms with Crippen LogP contribution < -0.4 is 4.74 Å². The van der Waals surface area contributed by atoms with Crippen LogP contribution in [0.3, 0.4) is 0 Å². The molecule has 0 atom stereocenters. The first-order valence-electron chi connectivity index (χ1n) is 16.7. The number of aromatic nitrogens is 2. The van der Waals surface area contributed by atoms with E-state index >= 15 is 0 Å². The number of fused-ring (bicyclic) bond motifs is 1. The molecular formula is C39H39ClN4O4. The lowest BCUT2D eigenvalue weighted by atomic mass is 9.95. The smallest absolute Gasteiger partial charge is 0.335 e. The molecule has 0 spiro atoms. The second-order valence-corrected chi connectivity index (χ2v) is 13.3. The van der Waals surface area contributed by atoms with E-state index in [1.165, 1.54) is 19.3 Å². The number of imidazole rings is 1.